The van der Waals surface area contributed by atoms with Gasteiger partial charge in [0.15, 0.2) is 6.61 Å². The third-order valence-corrected chi connectivity index (χ3v) is 6.42. The number of para-hydroxylation sites is 2. The van der Waals surface area contributed by atoms with Crippen LogP contribution in [0.5, 0.6) is 0 Å². The molecule has 2 aromatic heterocycles. The normalized spacial score (nSPS) is 11.5. The monoisotopic (exact) mass is 462 g/mol. The van der Waals surface area contributed by atoms with E-state index in [9.17, 15) is 22.8 Å². The van der Waals surface area contributed by atoms with Crippen molar-refractivity contribution in [2.45, 2.75) is 6.18 Å². The molecule has 4 aromatic rings. The van der Waals surface area contributed by atoms with E-state index < -0.39 is 35.9 Å². The topological polar surface area (TPSA) is 68.3 Å². The number of ether oxygens (including phenoxy) is 1. The average molecular weight is 462 g/mol. The Kier molecular flexibility index (Phi) is 5.75. The van der Waals surface area contributed by atoms with Gasteiger partial charge < -0.3 is 10.1 Å². The zero-order valence-corrected chi connectivity index (χ0v) is 17.2. The van der Waals surface area contributed by atoms with Crippen LogP contribution in [0.15, 0.2) is 60.7 Å². The SMILES string of the molecule is O=C(COC(=O)c1ccc(-c2nc3ccccc3s2)s1)Nc1ccccc1C(F)(F)F. The van der Waals surface area contributed by atoms with Crippen molar-refractivity contribution in [3.8, 4) is 9.88 Å². The summed E-state index contributed by atoms with van der Waals surface area (Å²) in [5.74, 6) is -1.61. The highest BCUT2D eigenvalue weighted by molar-refractivity contribution is 7.26. The molecular weight excluding hydrogens is 449 g/mol. The van der Waals surface area contributed by atoms with Crippen molar-refractivity contribution in [2.24, 2.45) is 0 Å². The standard InChI is InChI=1S/C21H13F3N2O3S2/c22-21(23,24)12-5-1-2-6-13(12)25-18(27)11-29-20(28)17-10-9-16(30-17)19-26-14-7-3-4-8-15(14)31-19/h1-10H,11H2,(H,25,27). The third kappa shape index (κ3) is 4.75. The maximum Gasteiger partial charge on any atom is 0.418 e. The first-order valence-electron chi connectivity index (χ1n) is 8.90. The van der Waals surface area contributed by atoms with Gasteiger partial charge in [0.25, 0.3) is 5.91 Å². The molecule has 5 nitrogen and oxygen atoms in total. The first-order valence-corrected chi connectivity index (χ1v) is 10.5. The van der Waals surface area contributed by atoms with Gasteiger partial charge in [-0.05, 0) is 36.4 Å². The van der Waals surface area contributed by atoms with Crippen molar-refractivity contribution < 1.29 is 27.5 Å². The predicted molar refractivity (Wildman–Crippen MR) is 113 cm³/mol. The smallest absolute Gasteiger partial charge is 0.418 e. The van der Waals surface area contributed by atoms with E-state index in [0.717, 1.165) is 43.6 Å². The van der Waals surface area contributed by atoms with Gasteiger partial charge in [-0.1, -0.05) is 24.3 Å². The summed E-state index contributed by atoms with van der Waals surface area (Å²) in [6.07, 6.45) is -4.62. The zero-order chi connectivity index (χ0) is 22.0. The highest BCUT2D eigenvalue weighted by Crippen LogP contribution is 2.35. The lowest BCUT2D eigenvalue weighted by Gasteiger charge is -2.13. The van der Waals surface area contributed by atoms with Crippen molar-refractivity contribution in [1.82, 2.24) is 4.98 Å². The van der Waals surface area contributed by atoms with Gasteiger partial charge in [-0.25, -0.2) is 9.78 Å². The number of hydrogen-bond acceptors (Lipinski definition) is 6. The summed E-state index contributed by atoms with van der Waals surface area (Å²) in [4.78, 5) is 29.8. The first kappa shape index (κ1) is 21.0. The van der Waals surface area contributed by atoms with Gasteiger partial charge in [0.05, 0.1) is 26.3 Å². The molecule has 2 heterocycles. The Labute approximate surface area is 182 Å². The zero-order valence-electron chi connectivity index (χ0n) is 15.6. The van der Waals surface area contributed by atoms with E-state index in [4.69, 9.17) is 4.74 Å². The van der Waals surface area contributed by atoms with Crippen molar-refractivity contribution in [1.29, 1.82) is 0 Å². The van der Waals surface area contributed by atoms with Crippen LogP contribution >= 0.6 is 22.7 Å². The van der Waals surface area contributed by atoms with Crippen molar-refractivity contribution in [3.63, 3.8) is 0 Å². The number of anilines is 1. The number of nitrogens with zero attached hydrogens (tertiary/aromatic N) is 1. The molecule has 2 aromatic carbocycles. The molecule has 0 unspecified atom stereocenters. The van der Waals surface area contributed by atoms with Crippen LogP contribution in [0.3, 0.4) is 0 Å². The Morgan fingerprint density at radius 2 is 1.71 bits per heavy atom. The Balaban J connectivity index is 1.39. The minimum absolute atomic E-state index is 0.262. The number of amides is 1. The van der Waals surface area contributed by atoms with E-state index in [0.29, 0.717) is 0 Å². The maximum atomic E-state index is 13.0. The number of hydrogen-bond donors (Lipinski definition) is 1. The molecule has 0 fully saturated rings. The van der Waals surface area contributed by atoms with Crippen molar-refractivity contribution in [3.05, 3.63) is 71.1 Å². The number of fused-ring (bicyclic) bond motifs is 1. The number of thiazole rings is 1. The number of esters is 1. The number of thiophene rings is 1. The van der Waals surface area contributed by atoms with E-state index in [2.05, 4.69) is 10.3 Å². The fourth-order valence-electron chi connectivity index (χ4n) is 2.77. The lowest BCUT2D eigenvalue weighted by atomic mass is 10.1. The van der Waals surface area contributed by atoms with Crippen LogP contribution in [0.4, 0.5) is 18.9 Å². The van der Waals surface area contributed by atoms with Gasteiger partial charge >= 0.3 is 12.1 Å². The highest BCUT2D eigenvalue weighted by atomic mass is 32.1. The molecule has 1 N–H and O–H groups in total. The number of carbonyl (C=O) groups is 2. The predicted octanol–water partition coefficient (Wildman–Crippen LogP) is 5.84. The van der Waals surface area contributed by atoms with Crippen LogP contribution in [0.25, 0.3) is 20.1 Å². The molecule has 10 heteroatoms. The molecule has 0 aliphatic heterocycles. The van der Waals surface area contributed by atoms with E-state index in [1.807, 2.05) is 24.3 Å². The molecule has 1 amide bonds. The Bertz CT molecular complexity index is 1230. The highest BCUT2D eigenvalue weighted by Gasteiger charge is 2.33. The molecule has 4 rings (SSSR count). The van der Waals surface area contributed by atoms with Gasteiger partial charge in [-0.2, -0.15) is 13.2 Å². The minimum atomic E-state index is -4.62. The van der Waals surface area contributed by atoms with Crippen LogP contribution in [-0.2, 0) is 15.7 Å². The molecule has 0 radical (unpaired) electrons. The van der Waals surface area contributed by atoms with Crippen LogP contribution in [-0.4, -0.2) is 23.5 Å². The summed E-state index contributed by atoms with van der Waals surface area (Å²) < 4.78 is 45.0. The van der Waals surface area contributed by atoms with Gasteiger partial charge in [0, 0.05) is 0 Å². The first-order chi connectivity index (χ1) is 14.8. The number of carbonyl (C=O) groups excluding carboxylic acids is 2. The summed E-state index contributed by atoms with van der Waals surface area (Å²) >= 11 is 2.65. The molecule has 158 valence electrons. The summed E-state index contributed by atoms with van der Waals surface area (Å²) in [6.45, 7) is -0.709. The van der Waals surface area contributed by atoms with Gasteiger partial charge in [-0.15, -0.1) is 22.7 Å². The number of benzene rings is 2. The van der Waals surface area contributed by atoms with Crippen LogP contribution in [0.2, 0.25) is 0 Å². The Hall–Kier alpha value is -3.24. The van der Waals surface area contributed by atoms with Gasteiger partial charge in [-0.3, -0.25) is 4.79 Å². The Morgan fingerprint density at radius 1 is 0.968 bits per heavy atom. The second kappa shape index (κ2) is 8.48. The largest absolute Gasteiger partial charge is 0.451 e. The van der Waals surface area contributed by atoms with E-state index in [-0.39, 0.29) is 4.88 Å². The van der Waals surface area contributed by atoms with Crippen LogP contribution in [0.1, 0.15) is 15.2 Å². The summed E-state index contributed by atoms with van der Waals surface area (Å²) in [6, 6.07) is 15.5. The van der Waals surface area contributed by atoms with Crippen LogP contribution < -0.4 is 5.32 Å². The molecule has 0 saturated carbocycles. The maximum absolute atomic E-state index is 13.0. The number of halogens is 3. The van der Waals surface area contributed by atoms with E-state index in [1.54, 1.807) is 12.1 Å². The number of nitrogens with one attached hydrogen (secondary N) is 1. The summed E-state index contributed by atoms with van der Waals surface area (Å²) in [5, 5.41) is 2.89. The van der Waals surface area contributed by atoms with E-state index >= 15 is 0 Å². The average Bonchev–Trinajstić information content (AvgIpc) is 3.38. The fourth-order valence-corrected chi connectivity index (χ4v) is 4.69. The molecule has 0 atom stereocenters. The molecule has 0 bridgehead atoms. The number of aromatic nitrogens is 1. The van der Waals surface area contributed by atoms with Gasteiger partial charge in [0.1, 0.15) is 9.88 Å². The Morgan fingerprint density at radius 3 is 2.48 bits per heavy atom. The molecule has 31 heavy (non-hydrogen) atoms. The fraction of sp³-hybridized carbons (Fsp3) is 0.0952. The van der Waals surface area contributed by atoms with Crippen molar-refractivity contribution >= 4 is 50.5 Å². The second-order valence-corrected chi connectivity index (χ2v) is 8.43. The second-order valence-electron chi connectivity index (χ2n) is 6.32. The molecular formula is C21H13F3N2O3S2. The number of alkyl halides is 3. The summed E-state index contributed by atoms with van der Waals surface area (Å²) in [7, 11) is 0. The van der Waals surface area contributed by atoms with E-state index in [1.165, 1.54) is 23.5 Å². The number of rotatable bonds is 5. The molecule has 0 aliphatic carbocycles. The minimum Gasteiger partial charge on any atom is -0.451 e. The van der Waals surface area contributed by atoms with Gasteiger partial charge in [0.2, 0.25) is 0 Å². The lowest BCUT2D eigenvalue weighted by Crippen LogP contribution is -2.22. The summed E-state index contributed by atoms with van der Waals surface area (Å²) in [5.41, 5.74) is -0.519. The molecule has 0 aliphatic rings. The van der Waals surface area contributed by atoms with Crippen molar-refractivity contribution in [2.75, 3.05) is 11.9 Å². The quantitative estimate of drug-likeness (QED) is 0.379. The lowest BCUT2D eigenvalue weighted by molar-refractivity contribution is -0.137. The molecule has 0 spiro atoms. The molecule has 0 saturated heterocycles. The van der Waals surface area contributed by atoms with Crippen LogP contribution in [0, 0.1) is 0 Å². The third-order valence-electron chi connectivity index (χ3n) is 4.15.